The second-order valence-corrected chi connectivity index (χ2v) is 6.11. The van der Waals surface area contributed by atoms with E-state index in [9.17, 15) is 9.59 Å². The Hall–Kier alpha value is -1.84. The Kier molecular flexibility index (Phi) is 3.94. The van der Waals surface area contributed by atoms with Crippen molar-refractivity contribution in [3.8, 4) is 0 Å². The van der Waals surface area contributed by atoms with Crippen molar-refractivity contribution in [2.75, 3.05) is 4.90 Å². The summed E-state index contributed by atoms with van der Waals surface area (Å²) in [5, 5.41) is 0.738. The fraction of sp³-hybridized carbons (Fsp3) is 0.176. The van der Waals surface area contributed by atoms with Crippen LogP contribution in [0.2, 0.25) is 10.0 Å². The zero-order valence-electron chi connectivity index (χ0n) is 11.8. The summed E-state index contributed by atoms with van der Waals surface area (Å²) in [6.45, 7) is 1.86. The molecule has 22 heavy (non-hydrogen) atoms. The second kappa shape index (κ2) is 5.75. The van der Waals surface area contributed by atoms with Crippen LogP contribution in [0.15, 0.2) is 42.5 Å². The minimum absolute atomic E-state index is 0.0567. The Morgan fingerprint density at radius 3 is 2.59 bits per heavy atom. The fourth-order valence-electron chi connectivity index (χ4n) is 2.70. The number of amides is 1. The molecular formula is C17H13Cl2NO2. The minimum Gasteiger partial charge on any atom is -0.304 e. The first-order valence-corrected chi connectivity index (χ1v) is 7.65. The quantitative estimate of drug-likeness (QED) is 0.763. The third-order valence-corrected chi connectivity index (χ3v) is 4.51. The largest absolute Gasteiger partial charge is 0.304 e. The van der Waals surface area contributed by atoms with Crippen molar-refractivity contribution in [1.29, 1.82) is 0 Å². The van der Waals surface area contributed by atoms with Gasteiger partial charge >= 0.3 is 0 Å². The number of rotatable bonds is 1. The van der Waals surface area contributed by atoms with Gasteiger partial charge in [0.2, 0.25) is 0 Å². The zero-order valence-corrected chi connectivity index (χ0v) is 13.4. The van der Waals surface area contributed by atoms with Crippen LogP contribution < -0.4 is 4.90 Å². The van der Waals surface area contributed by atoms with E-state index in [-0.39, 0.29) is 17.7 Å². The van der Waals surface area contributed by atoms with E-state index in [0.717, 1.165) is 0 Å². The van der Waals surface area contributed by atoms with Crippen molar-refractivity contribution in [3.63, 3.8) is 0 Å². The summed E-state index contributed by atoms with van der Waals surface area (Å²) in [7, 11) is 0. The van der Waals surface area contributed by atoms with Gasteiger partial charge in [-0.2, -0.15) is 0 Å². The topological polar surface area (TPSA) is 37.4 Å². The molecule has 0 fully saturated rings. The smallest absolute Gasteiger partial charge is 0.258 e. The van der Waals surface area contributed by atoms with Crippen LogP contribution in [0, 0.1) is 0 Å². The third kappa shape index (κ3) is 2.51. The molecule has 3 nitrogen and oxygen atoms in total. The highest BCUT2D eigenvalue weighted by atomic mass is 35.5. The van der Waals surface area contributed by atoms with E-state index in [1.54, 1.807) is 41.3 Å². The van der Waals surface area contributed by atoms with Crippen LogP contribution >= 0.6 is 23.2 Å². The molecule has 5 heteroatoms. The highest BCUT2D eigenvalue weighted by Crippen LogP contribution is 2.32. The first-order chi connectivity index (χ1) is 10.5. The first-order valence-electron chi connectivity index (χ1n) is 6.90. The molecule has 2 aromatic carbocycles. The van der Waals surface area contributed by atoms with Gasteiger partial charge in [0.1, 0.15) is 0 Å². The lowest BCUT2D eigenvalue weighted by molar-refractivity contribution is 0.0936. The van der Waals surface area contributed by atoms with Crippen molar-refractivity contribution in [2.24, 2.45) is 0 Å². The van der Waals surface area contributed by atoms with Gasteiger partial charge in [0.05, 0.1) is 15.7 Å². The molecular weight excluding hydrogens is 321 g/mol. The van der Waals surface area contributed by atoms with E-state index in [1.165, 1.54) is 0 Å². The van der Waals surface area contributed by atoms with Crippen molar-refractivity contribution >= 4 is 40.6 Å². The number of anilines is 1. The van der Waals surface area contributed by atoms with Gasteiger partial charge in [0.25, 0.3) is 5.91 Å². The summed E-state index contributed by atoms with van der Waals surface area (Å²) < 4.78 is 0. The summed E-state index contributed by atoms with van der Waals surface area (Å²) in [5.74, 6) is -0.132. The van der Waals surface area contributed by atoms with E-state index in [4.69, 9.17) is 23.2 Å². The number of fused-ring (bicyclic) bond motifs is 1. The SMILES string of the molecule is CC1CC(=O)c2ccccc2N1C(=O)c1ccc(Cl)c(Cl)c1. The van der Waals surface area contributed by atoms with Gasteiger partial charge in [-0.25, -0.2) is 0 Å². The molecule has 0 spiro atoms. The predicted octanol–water partition coefficient (Wildman–Crippen LogP) is 4.62. The lowest BCUT2D eigenvalue weighted by atomic mass is 9.94. The van der Waals surface area contributed by atoms with Crippen LogP contribution in [-0.4, -0.2) is 17.7 Å². The van der Waals surface area contributed by atoms with Gasteiger partial charge in [-0.1, -0.05) is 35.3 Å². The Labute approximate surface area is 138 Å². The summed E-state index contributed by atoms with van der Waals surface area (Å²) in [4.78, 5) is 26.6. The van der Waals surface area contributed by atoms with E-state index >= 15 is 0 Å². The highest BCUT2D eigenvalue weighted by molar-refractivity contribution is 6.42. The molecule has 0 aliphatic carbocycles. The Bertz CT molecular complexity index is 773. The lowest BCUT2D eigenvalue weighted by Gasteiger charge is -2.34. The number of carbonyl (C=O) groups excluding carboxylic acids is 2. The molecule has 0 saturated carbocycles. The van der Waals surface area contributed by atoms with E-state index in [1.807, 2.05) is 13.0 Å². The number of ketones is 1. The van der Waals surface area contributed by atoms with Gasteiger partial charge in [-0.15, -0.1) is 0 Å². The number of hydrogen-bond donors (Lipinski definition) is 0. The molecule has 0 saturated heterocycles. The molecule has 1 atom stereocenters. The number of carbonyl (C=O) groups is 2. The van der Waals surface area contributed by atoms with Crippen molar-refractivity contribution < 1.29 is 9.59 Å². The number of benzene rings is 2. The van der Waals surface area contributed by atoms with E-state index < -0.39 is 0 Å². The summed E-state index contributed by atoms with van der Waals surface area (Å²) in [6, 6.07) is 11.7. The number of nitrogens with zero attached hydrogens (tertiary/aromatic N) is 1. The van der Waals surface area contributed by atoms with Crippen LogP contribution in [0.1, 0.15) is 34.1 Å². The van der Waals surface area contributed by atoms with E-state index in [2.05, 4.69) is 0 Å². The van der Waals surface area contributed by atoms with Crippen molar-refractivity contribution in [1.82, 2.24) is 0 Å². The second-order valence-electron chi connectivity index (χ2n) is 5.30. The van der Waals surface area contributed by atoms with Crippen LogP contribution in [0.5, 0.6) is 0 Å². The molecule has 1 aliphatic rings. The average Bonchev–Trinajstić information content (AvgIpc) is 2.50. The van der Waals surface area contributed by atoms with Gasteiger partial charge in [-0.05, 0) is 37.3 Å². The van der Waals surface area contributed by atoms with Gasteiger partial charge in [0.15, 0.2) is 5.78 Å². The lowest BCUT2D eigenvalue weighted by Crippen LogP contribution is -2.43. The zero-order chi connectivity index (χ0) is 15.9. The maximum absolute atomic E-state index is 12.9. The van der Waals surface area contributed by atoms with Crippen molar-refractivity contribution in [2.45, 2.75) is 19.4 Å². The number of hydrogen-bond acceptors (Lipinski definition) is 2. The summed E-state index contributed by atoms with van der Waals surface area (Å²) in [5.41, 5.74) is 1.67. The maximum atomic E-state index is 12.9. The van der Waals surface area contributed by atoms with E-state index in [0.29, 0.717) is 33.3 Å². The Morgan fingerprint density at radius 2 is 1.86 bits per heavy atom. The molecule has 112 valence electrons. The van der Waals surface area contributed by atoms with Crippen LogP contribution in [0.25, 0.3) is 0 Å². The molecule has 0 bridgehead atoms. The fourth-order valence-corrected chi connectivity index (χ4v) is 3.00. The molecule has 0 N–H and O–H groups in total. The molecule has 3 rings (SSSR count). The standard InChI is InChI=1S/C17H13Cl2NO2/c1-10-8-16(21)12-4-2-3-5-15(12)20(10)17(22)11-6-7-13(18)14(19)9-11/h2-7,9-10H,8H2,1H3. The van der Waals surface area contributed by atoms with Crippen LogP contribution in [-0.2, 0) is 0 Å². The summed E-state index contributed by atoms with van der Waals surface area (Å²) >= 11 is 11.9. The number of para-hydroxylation sites is 1. The van der Waals surface area contributed by atoms with Gasteiger partial charge in [0, 0.05) is 23.6 Å². The molecule has 1 amide bonds. The van der Waals surface area contributed by atoms with Gasteiger partial charge < -0.3 is 4.90 Å². The normalized spacial score (nSPS) is 17.3. The predicted molar refractivity (Wildman–Crippen MR) is 88.1 cm³/mol. The molecule has 1 heterocycles. The summed E-state index contributed by atoms with van der Waals surface area (Å²) in [6.07, 6.45) is 0.310. The minimum atomic E-state index is -0.204. The van der Waals surface area contributed by atoms with Crippen LogP contribution in [0.3, 0.4) is 0 Å². The molecule has 1 unspecified atom stereocenters. The molecule has 0 radical (unpaired) electrons. The third-order valence-electron chi connectivity index (χ3n) is 3.77. The van der Waals surface area contributed by atoms with Crippen LogP contribution in [0.4, 0.5) is 5.69 Å². The first kappa shape index (κ1) is 15.1. The Balaban J connectivity index is 2.06. The highest BCUT2D eigenvalue weighted by Gasteiger charge is 2.33. The number of Topliss-reactive ketones (excluding diaryl/α,β-unsaturated/α-hetero) is 1. The van der Waals surface area contributed by atoms with Gasteiger partial charge in [-0.3, -0.25) is 9.59 Å². The molecule has 0 aromatic heterocycles. The average molecular weight is 334 g/mol. The molecule has 2 aromatic rings. The maximum Gasteiger partial charge on any atom is 0.258 e. The Morgan fingerprint density at radius 1 is 1.14 bits per heavy atom. The number of halogens is 2. The molecule has 1 aliphatic heterocycles. The monoisotopic (exact) mass is 333 g/mol. The van der Waals surface area contributed by atoms with Crippen molar-refractivity contribution in [3.05, 3.63) is 63.6 Å².